The Balaban J connectivity index is 1.76. The number of methoxy groups -OCH3 is 1. The molecule has 94 valence electrons. The number of aliphatic hydroxyl groups excluding tert-OH is 1. The molecular formula is C12H19N3O2. The summed E-state index contributed by atoms with van der Waals surface area (Å²) in [4.78, 5) is 8.70. The molecule has 0 aliphatic heterocycles. The minimum Gasteiger partial charge on any atom is -0.391 e. The molecule has 1 aliphatic rings. The fraction of sp³-hybridized carbons (Fsp3) is 0.667. The number of aromatic nitrogens is 2. The summed E-state index contributed by atoms with van der Waals surface area (Å²) in [5.74, 6) is 2.34. The summed E-state index contributed by atoms with van der Waals surface area (Å²) in [6.45, 7) is 1.06. The van der Waals surface area contributed by atoms with Crippen molar-refractivity contribution in [1.29, 1.82) is 0 Å². The molecule has 1 saturated carbocycles. The highest BCUT2D eigenvalue weighted by Crippen LogP contribution is 2.37. The van der Waals surface area contributed by atoms with E-state index in [1.807, 2.05) is 6.07 Å². The van der Waals surface area contributed by atoms with Crippen LogP contribution in [-0.2, 0) is 4.74 Å². The van der Waals surface area contributed by atoms with Crippen LogP contribution in [0.2, 0.25) is 0 Å². The predicted molar refractivity (Wildman–Crippen MR) is 65.0 cm³/mol. The molecule has 1 atom stereocenters. The molecule has 0 aromatic carbocycles. The molecule has 2 rings (SSSR count). The van der Waals surface area contributed by atoms with Crippen LogP contribution in [0.3, 0.4) is 0 Å². The number of ether oxygens (including phenoxy) is 1. The van der Waals surface area contributed by atoms with Gasteiger partial charge in [-0.15, -0.1) is 0 Å². The van der Waals surface area contributed by atoms with Crippen molar-refractivity contribution in [3.05, 3.63) is 18.1 Å². The van der Waals surface area contributed by atoms with Crippen LogP contribution in [0.5, 0.6) is 0 Å². The lowest BCUT2D eigenvalue weighted by molar-refractivity contribution is 0.0615. The number of aliphatic hydroxyl groups is 1. The van der Waals surface area contributed by atoms with Gasteiger partial charge in [-0.25, -0.2) is 9.97 Å². The van der Waals surface area contributed by atoms with Gasteiger partial charge in [0.05, 0.1) is 12.7 Å². The van der Waals surface area contributed by atoms with Gasteiger partial charge in [0.1, 0.15) is 11.6 Å². The number of hydrogen-bond acceptors (Lipinski definition) is 5. The Labute approximate surface area is 101 Å². The van der Waals surface area contributed by atoms with Gasteiger partial charge in [0.2, 0.25) is 0 Å². The van der Waals surface area contributed by atoms with Crippen LogP contribution in [-0.4, -0.2) is 41.4 Å². The molecule has 1 aromatic rings. The summed E-state index contributed by atoms with van der Waals surface area (Å²) in [5.41, 5.74) is 0. The van der Waals surface area contributed by atoms with Crippen LogP contribution in [0.1, 0.15) is 31.0 Å². The lowest BCUT2D eigenvalue weighted by Crippen LogP contribution is -2.18. The molecule has 1 heterocycles. The van der Waals surface area contributed by atoms with Crippen molar-refractivity contribution in [1.82, 2.24) is 9.97 Å². The fourth-order valence-corrected chi connectivity index (χ4v) is 1.65. The molecule has 17 heavy (non-hydrogen) atoms. The lowest BCUT2D eigenvalue weighted by Gasteiger charge is -2.10. The van der Waals surface area contributed by atoms with Gasteiger partial charge in [0, 0.05) is 25.8 Å². The van der Waals surface area contributed by atoms with E-state index >= 15 is 0 Å². The van der Waals surface area contributed by atoms with Gasteiger partial charge in [-0.2, -0.15) is 0 Å². The Morgan fingerprint density at radius 1 is 1.59 bits per heavy atom. The Bertz CT molecular complexity index is 355. The second-order valence-corrected chi connectivity index (χ2v) is 4.40. The van der Waals surface area contributed by atoms with E-state index in [1.54, 1.807) is 13.3 Å². The van der Waals surface area contributed by atoms with Crippen LogP contribution in [0.25, 0.3) is 0 Å². The van der Waals surface area contributed by atoms with Gasteiger partial charge in [-0.3, -0.25) is 0 Å². The van der Waals surface area contributed by atoms with Crippen LogP contribution < -0.4 is 5.32 Å². The quantitative estimate of drug-likeness (QED) is 0.745. The van der Waals surface area contributed by atoms with E-state index in [9.17, 15) is 5.11 Å². The van der Waals surface area contributed by atoms with Crippen molar-refractivity contribution in [2.75, 3.05) is 25.6 Å². The highest BCUT2D eigenvalue weighted by Gasteiger charge is 2.26. The highest BCUT2D eigenvalue weighted by molar-refractivity contribution is 5.33. The average molecular weight is 237 g/mol. The number of nitrogens with one attached hydrogen (secondary N) is 1. The summed E-state index contributed by atoms with van der Waals surface area (Å²) < 4.78 is 4.86. The summed E-state index contributed by atoms with van der Waals surface area (Å²) >= 11 is 0. The molecule has 1 fully saturated rings. The van der Waals surface area contributed by atoms with Gasteiger partial charge in [-0.05, 0) is 25.3 Å². The molecule has 0 amide bonds. The smallest absolute Gasteiger partial charge is 0.133 e. The third kappa shape index (κ3) is 3.94. The van der Waals surface area contributed by atoms with Crippen LogP contribution in [0, 0.1) is 0 Å². The Kier molecular flexibility index (Phi) is 4.28. The molecule has 0 saturated heterocycles. The second-order valence-electron chi connectivity index (χ2n) is 4.40. The topological polar surface area (TPSA) is 67.3 Å². The van der Waals surface area contributed by atoms with Crippen molar-refractivity contribution in [2.24, 2.45) is 0 Å². The summed E-state index contributed by atoms with van der Waals surface area (Å²) in [6.07, 6.45) is 4.43. The molecule has 1 aromatic heterocycles. The number of nitrogens with zero attached hydrogens (tertiary/aromatic N) is 2. The Hall–Kier alpha value is -1.20. The van der Waals surface area contributed by atoms with E-state index in [1.165, 1.54) is 12.8 Å². The lowest BCUT2D eigenvalue weighted by atomic mass is 10.2. The van der Waals surface area contributed by atoms with E-state index < -0.39 is 6.10 Å². The average Bonchev–Trinajstić information content (AvgIpc) is 3.14. The van der Waals surface area contributed by atoms with Crippen LogP contribution in [0.4, 0.5) is 5.82 Å². The van der Waals surface area contributed by atoms with Gasteiger partial charge in [-0.1, -0.05) is 0 Å². The standard InChI is InChI=1S/C12H19N3O2/c1-17-8-10(16)4-6-13-11-5-7-14-12(15-11)9-2-3-9/h5,7,9-10,16H,2-4,6,8H2,1H3,(H,13,14,15). The zero-order chi connectivity index (χ0) is 12.1. The largest absolute Gasteiger partial charge is 0.391 e. The molecule has 1 unspecified atom stereocenters. The van der Waals surface area contributed by atoms with Gasteiger partial charge in [0.15, 0.2) is 0 Å². The predicted octanol–water partition coefficient (Wildman–Crippen LogP) is 1.16. The molecule has 1 aliphatic carbocycles. The molecule has 2 N–H and O–H groups in total. The van der Waals surface area contributed by atoms with Crippen LogP contribution in [0.15, 0.2) is 12.3 Å². The maximum absolute atomic E-state index is 9.48. The van der Waals surface area contributed by atoms with E-state index in [2.05, 4.69) is 15.3 Å². The first-order valence-electron chi connectivity index (χ1n) is 6.03. The fourth-order valence-electron chi connectivity index (χ4n) is 1.65. The van der Waals surface area contributed by atoms with Crippen molar-refractivity contribution >= 4 is 5.82 Å². The van der Waals surface area contributed by atoms with Gasteiger partial charge in [0.25, 0.3) is 0 Å². The molecule has 5 nitrogen and oxygen atoms in total. The van der Waals surface area contributed by atoms with Crippen molar-refractivity contribution in [2.45, 2.75) is 31.3 Å². The first kappa shape index (κ1) is 12.3. The van der Waals surface area contributed by atoms with E-state index in [0.29, 0.717) is 25.5 Å². The number of hydrogen-bond donors (Lipinski definition) is 2. The first-order valence-corrected chi connectivity index (χ1v) is 6.03. The van der Waals surface area contributed by atoms with E-state index in [-0.39, 0.29) is 0 Å². The SMILES string of the molecule is COCC(O)CCNc1ccnc(C2CC2)n1. The number of rotatable bonds is 7. The first-order chi connectivity index (χ1) is 8.29. The molecule has 5 heteroatoms. The monoisotopic (exact) mass is 237 g/mol. The maximum Gasteiger partial charge on any atom is 0.133 e. The van der Waals surface area contributed by atoms with Crippen molar-refractivity contribution in [3.63, 3.8) is 0 Å². The zero-order valence-electron chi connectivity index (χ0n) is 10.1. The van der Waals surface area contributed by atoms with Crippen molar-refractivity contribution in [3.8, 4) is 0 Å². The van der Waals surface area contributed by atoms with E-state index in [0.717, 1.165) is 11.6 Å². The van der Waals surface area contributed by atoms with Gasteiger partial charge < -0.3 is 15.2 Å². The van der Waals surface area contributed by atoms with Gasteiger partial charge >= 0.3 is 0 Å². The normalized spacial score (nSPS) is 16.8. The van der Waals surface area contributed by atoms with Crippen molar-refractivity contribution < 1.29 is 9.84 Å². The Morgan fingerprint density at radius 2 is 2.41 bits per heavy atom. The van der Waals surface area contributed by atoms with E-state index in [4.69, 9.17) is 4.74 Å². The summed E-state index contributed by atoms with van der Waals surface area (Å²) in [6, 6.07) is 1.86. The molecule has 0 spiro atoms. The van der Waals surface area contributed by atoms with Crippen LogP contribution >= 0.6 is 0 Å². The Morgan fingerprint density at radius 3 is 3.12 bits per heavy atom. The summed E-state index contributed by atoms with van der Waals surface area (Å²) in [7, 11) is 1.59. The molecule has 0 bridgehead atoms. The third-order valence-electron chi connectivity index (χ3n) is 2.76. The third-order valence-corrected chi connectivity index (χ3v) is 2.76. The molecular weight excluding hydrogens is 218 g/mol. The number of anilines is 1. The minimum absolute atomic E-state index is 0.374. The zero-order valence-corrected chi connectivity index (χ0v) is 10.1. The molecule has 0 radical (unpaired) electrons. The second kappa shape index (κ2) is 5.93. The highest BCUT2D eigenvalue weighted by atomic mass is 16.5. The minimum atomic E-state index is -0.419. The summed E-state index contributed by atoms with van der Waals surface area (Å²) in [5, 5.41) is 12.7. The maximum atomic E-state index is 9.48.